The lowest BCUT2D eigenvalue weighted by Crippen LogP contribution is -2.24. The summed E-state index contributed by atoms with van der Waals surface area (Å²) in [6.45, 7) is 5.70. The Morgan fingerprint density at radius 1 is 1.08 bits per heavy atom. The van der Waals surface area contributed by atoms with E-state index in [0.29, 0.717) is 0 Å². The predicted molar refractivity (Wildman–Crippen MR) is 107 cm³/mol. The maximum absolute atomic E-state index is 12.4. The van der Waals surface area contributed by atoms with Crippen molar-refractivity contribution in [2.24, 2.45) is 0 Å². The normalized spacial score (nSPS) is 11.4. The van der Waals surface area contributed by atoms with Crippen molar-refractivity contribution in [1.29, 1.82) is 0 Å². The lowest BCUT2D eigenvalue weighted by Gasteiger charge is -2.15. The molecule has 0 aliphatic rings. The van der Waals surface area contributed by atoms with Gasteiger partial charge in [-0.3, -0.25) is 4.79 Å². The van der Waals surface area contributed by atoms with Gasteiger partial charge in [-0.15, -0.1) is 24.2 Å². The Morgan fingerprint density at radius 3 is 2.46 bits per heavy atom. The molecule has 3 nitrogen and oxygen atoms in total. The Kier molecular flexibility index (Phi) is 9.53. The van der Waals surface area contributed by atoms with Crippen molar-refractivity contribution >= 4 is 35.8 Å². The summed E-state index contributed by atoms with van der Waals surface area (Å²) in [6, 6.07) is 18.2. The van der Waals surface area contributed by atoms with Gasteiger partial charge in [0.15, 0.2) is 0 Å². The summed E-state index contributed by atoms with van der Waals surface area (Å²) in [5.41, 5.74) is 3.25. The molecular weight excluding hydrogens is 340 g/mol. The van der Waals surface area contributed by atoms with Gasteiger partial charge >= 0.3 is 0 Å². The van der Waals surface area contributed by atoms with Crippen LogP contribution in [0, 0.1) is 0 Å². The second-order valence-electron chi connectivity index (χ2n) is 5.37. The number of carbonyl (C=O) groups is 1. The van der Waals surface area contributed by atoms with Gasteiger partial charge in [-0.25, -0.2) is 0 Å². The van der Waals surface area contributed by atoms with Crippen LogP contribution in [0.5, 0.6) is 0 Å². The first kappa shape index (κ1) is 20.6. The number of hydrogen-bond acceptors (Lipinski definition) is 3. The molecular formula is C19H25ClN2OS. The van der Waals surface area contributed by atoms with Crippen LogP contribution in [0.1, 0.15) is 25.0 Å². The Hall–Kier alpha value is -1.49. The van der Waals surface area contributed by atoms with E-state index in [1.54, 1.807) is 11.8 Å². The van der Waals surface area contributed by atoms with E-state index in [4.69, 9.17) is 0 Å². The molecule has 1 atom stereocenters. The van der Waals surface area contributed by atoms with E-state index in [-0.39, 0.29) is 23.6 Å². The fraction of sp³-hybridized carbons (Fsp3) is 0.316. The summed E-state index contributed by atoms with van der Waals surface area (Å²) < 4.78 is 0. The van der Waals surface area contributed by atoms with Crippen LogP contribution in [0.4, 0.5) is 5.69 Å². The van der Waals surface area contributed by atoms with E-state index in [9.17, 15) is 4.79 Å². The Balaban J connectivity index is 0.00000288. The minimum Gasteiger partial charge on any atom is -0.325 e. The third-order valence-corrected chi connectivity index (χ3v) is 4.77. The summed E-state index contributed by atoms with van der Waals surface area (Å²) in [5, 5.41) is 6.26. The SMILES string of the molecule is CCNCc1ccccc1NC(=O)C(C)SCc1ccccc1.Cl. The highest BCUT2D eigenvalue weighted by atomic mass is 35.5. The molecule has 24 heavy (non-hydrogen) atoms. The molecule has 0 radical (unpaired) electrons. The second kappa shape index (κ2) is 11.1. The molecule has 0 aliphatic heterocycles. The summed E-state index contributed by atoms with van der Waals surface area (Å²) in [6.07, 6.45) is 0. The van der Waals surface area contributed by atoms with Crippen LogP contribution in [0.3, 0.4) is 0 Å². The van der Waals surface area contributed by atoms with E-state index in [1.807, 2.05) is 49.4 Å². The molecule has 5 heteroatoms. The maximum Gasteiger partial charge on any atom is 0.237 e. The highest BCUT2D eigenvalue weighted by molar-refractivity contribution is 7.99. The first-order valence-corrected chi connectivity index (χ1v) is 9.00. The largest absolute Gasteiger partial charge is 0.325 e. The van der Waals surface area contributed by atoms with Crippen molar-refractivity contribution in [3.05, 3.63) is 65.7 Å². The minimum absolute atomic E-state index is 0. The Morgan fingerprint density at radius 2 is 1.75 bits per heavy atom. The van der Waals surface area contributed by atoms with Gasteiger partial charge in [0.25, 0.3) is 0 Å². The maximum atomic E-state index is 12.4. The number of hydrogen-bond donors (Lipinski definition) is 2. The standard InChI is InChI=1S/C19H24N2OS.ClH/c1-3-20-13-17-11-7-8-12-18(17)21-19(22)15(2)23-14-16-9-5-4-6-10-16;/h4-12,15,20H,3,13-14H2,1-2H3,(H,21,22);1H. The van der Waals surface area contributed by atoms with Crippen LogP contribution >= 0.6 is 24.2 Å². The molecule has 0 fully saturated rings. The molecule has 130 valence electrons. The molecule has 0 aromatic heterocycles. The molecule has 1 amide bonds. The summed E-state index contributed by atoms with van der Waals surface area (Å²) >= 11 is 1.65. The average Bonchev–Trinajstić information content (AvgIpc) is 2.59. The van der Waals surface area contributed by atoms with Gasteiger partial charge in [-0.05, 0) is 30.7 Å². The molecule has 2 aromatic rings. The monoisotopic (exact) mass is 364 g/mol. The molecule has 0 aliphatic carbocycles. The van der Waals surface area contributed by atoms with Crippen LogP contribution in [-0.2, 0) is 17.1 Å². The number of halogens is 1. The zero-order valence-electron chi connectivity index (χ0n) is 14.1. The number of carbonyl (C=O) groups excluding carboxylic acids is 1. The summed E-state index contributed by atoms with van der Waals surface area (Å²) in [4.78, 5) is 12.4. The number of para-hydroxylation sites is 1. The number of nitrogens with one attached hydrogen (secondary N) is 2. The van der Waals surface area contributed by atoms with Crippen LogP contribution < -0.4 is 10.6 Å². The predicted octanol–water partition coefficient (Wildman–Crippen LogP) is 4.48. The molecule has 2 rings (SSSR count). The van der Waals surface area contributed by atoms with Crippen LogP contribution in [0.15, 0.2) is 54.6 Å². The van der Waals surface area contributed by atoms with E-state index >= 15 is 0 Å². The summed E-state index contributed by atoms with van der Waals surface area (Å²) in [5.74, 6) is 0.893. The fourth-order valence-corrected chi connectivity index (χ4v) is 3.01. The quantitative estimate of drug-likeness (QED) is 0.725. The lowest BCUT2D eigenvalue weighted by molar-refractivity contribution is -0.115. The third-order valence-electron chi connectivity index (χ3n) is 3.55. The molecule has 0 bridgehead atoms. The second-order valence-corrected chi connectivity index (χ2v) is 6.69. The van der Waals surface area contributed by atoms with Crippen LogP contribution in [0.25, 0.3) is 0 Å². The Bertz CT molecular complexity index is 622. The topological polar surface area (TPSA) is 41.1 Å². The minimum atomic E-state index is -0.0950. The number of amides is 1. The molecule has 2 N–H and O–H groups in total. The number of benzene rings is 2. The van der Waals surface area contributed by atoms with E-state index in [0.717, 1.165) is 30.1 Å². The van der Waals surface area contributed by atoms with Crippen molar-refractivity contribution in [3.8, 4) is 0 Å². The first-order valence-electron chi connectivity index (χ1n) is 7.95. The van der Waals surface area contributed by atoms with E-state index in [1.165, 1.54) is 5.56 Å². The van der Waals surface area contributed by atoms with Crippen molar-refractivity contribution in [3.63, 3.8) is 0 Å². The zero-order chi connectivity index (χ0) is 16.5. The first-order chi connectivity index (χ1) is 11.2. The lowest BCUT2D eigenvalue weighted by atomic mass is 10.1. The summed E-state index contributed by atoms with van der Waals surface area (Å²) in [7, 11) is 0. The molecule has 0 saturated carbocycles. The number of rotatable bonds is 8. The van der Waals surface area contributed by atoms with Gasteiger partial charge in [-0.2, -0.15) is 0 Å². The van der Waals surface area contributed by atoms with Crippen molar-refractivity contribution in [2.45, 2.75) is 31.4 Å². The zero-order valence-corrected chi connectivity index (χ0v) is 15.8. The highest BCUT2D eigenvalue weighted by Crippen LogP contribution is 2.21. The molecule has 0 spiro atoms. The average molecular weight is 365 g/mol. The van der Waals surface area contributed by atoms with Gasteiger partial charge in [0, 0.05) is 18.0 Å². The number of anilines is 1. The van der Waals surface area contributed by atoms with Gasteiger partial charge in [0.1, 0.15) is 0 Å². The van der Waals surface area contributed by atoms with Crippen molar-refractivity contribution in [2.75, 3.05) is 11.9 Å². The molecule has 0 heterocycles. The van der Waals surface area contributed by atoms with Gasteiger partial charge in [0.2, 0.25) is 5.91 Å². The van der Waals surface area contributed by atoms with Gasteiger partial charge in [0.05, 0.1) is 5.25 Å². The van der Waals surface area contributed by atoms with Gasteiger partial charge in [-0.1, -0.05) is 55.5 Å². The smallest absolute Gasteiger partial charge is 0.237 e. The highest BCUT2D eigenvalue weighted by Gasteiger charge is 2.15. The van der Waals surface area contributed by atoms with E-state index < -0.39 is 0 Å². The number of thioether (sulfide) groups is 1. The third kappa shape index (κ3) is 6.56. The molecule has 2 aromatic carbocycles. The molecule has 1 unspecified atom stereocenters. The Labute approximate surface area is 155 Å². The molecule has 0 saturated heterocycles. The van der Waals surface area contributed by atoms with Crippen LogP contribution in [0.2, 0.25) is 0 Å². The van der Waals surface area contributed by atoms with Crippen molar-refractivity contribution < 1.29 is 4.79 Å². The fourth-order valence-electron chi connectivity index (χ4n) is 2.16. The van der Waals surface area contributed by atoms with E-state index in [2.05, 4.69) is 29.7 Å². The van der Waals surface area contributed by atoms with Crippen molar-refractivity contribution in [1.82, 2.24) is 5.32 Å². The van der Waals surface area contributed by atoms with Crippen LogP contribution in [-0.4, -0.2) is 17.7 Å². The van der Waals surface area contributed by atoms with Gasteiger partial charge < -0.3 is 10.6 Å².